The Balaban J connectivity index is 5.66. The lowest BCUT2D eigenvalue weighted by molar-refractivity contribution is -0.137. The molecule has 31 heavy (non-hydrogen) atoms. The van der Waals surface area contributed by atoms with Crippen molar-refractivity contribution >= 4 is 14.3 Å². The van der Waals surface area contributed by atoms with Gasteiger partial charge >= 0.3 is 5.97 Å². The van der Waals surface area contributed by atoms with E-state index in [1.165, 1.54) is 0 Å². The second-order valence-electron chi connectivity index (χ2n) is 9.49. The highest BCUT2D eigenvalue weighted by atomic mass is 28.4. The van der Waals surface area contributed by atoms with Crippen LogP contribution in [0.5, 0.6) is 0 Å². The molecule has 0 amide bonds. The van der Waals surface area contributed by atoms with Gasteiger partial charge in [-0.25, -0.2) is 4.79 Å². The normalized spacial score (nSPS) is 15.6. The lowest BCUT2D eigenvalue weighted by Crippen LogP contribution is -2.47. The van der Waals surface area contributed by atoms with Gasteiger partial charge in [-0.2, -0.15) is 0 Å². The molecule has 0 bridgehead atoms. The van der Waals surface area contributed by atoms with Gasteiger partial charge in [0.15, 0.2) is 8.32 Å². The quantitative estimate of drug-likeness (QED) is 0.0591. The Morgan fingerprint density at radius 2 is 1.90 bits per heavy atom. The maximum atomic E-state index is 12.1. The van der Waals surface area contributed by atoms with E-state index in [0.717, 1.165) is 12.8 Å². The molecule has 0 heterocycles. The zero-order valence-corrected chi connectivity index (χ0v) is 22.0. The van der Waals surface area contributed by atoms with Crippen LogP contribution in [-0.2, 0) is 23.4 Å². The minimum atomic E-state index is -2.04. The van der Waals surface area contributed by atoms with Gasteiger partial charge in [-0.05, 0) is 44.3 Å². The Morgan fingerprint density at radius 3 is 2.42 bits per heavy atom. The molecule has 0 unspecified atom stereocenters. The second kappa shape index (κ2) is 14.6. The van der Waals surface area contributed by atoms with E-state index in [0.29, 0.717) is 18.4 Å². The predicted octanol–water partition coefficient (Wildman–Crippen LogP) is 5.87. The van der Waals surface area contributed by atoms with Crippen molar-refractivity contribution in [1.29, 1.82) is 0 Å². The molecular weight excluding hydrogens is 408 g/mol. The van der Waals surface area contributed by atoms with Crippen molar-refractivity contribution in [2.75, 3.05) is 20.5 Å². The lowest BCUT2D eigenvalue weighted by atomic mass is 9.91. The molecule has 0 aliphatic heterocycles. The molecule has 0 saturated heterocycles. The smallest absolute Gasteiger partial charge is 0.333 e. The maximum Gasteiger partial charge on any atom is 0.333 e. The summed E-state index contributed by atoms with van der Waals surface area (Å²) in [5.74, 6) is 2.46. The van der Waals surface area contributed by atoms with Crippen LogP contribution in [0.4, 0.5) is 0 Å². The third-order valence-corrected chi connectivity index (χ3v) is 10.4. The van der Waals surface area contributed by atoms with Crippen molar-refractivity contribution < 1.29 is 23.4 Å². The highest BCUT2D eigenvalue weighted by molar-refractivity contribution is 6.74. The Hall–Kier alpha value is -1.39. The first-order chi connectivity index (χ1) is 14.4. The molecule has 0 spiro atoms. The minimum Gasteiger partial charge on any atom is -0.458 e. The van der Waals surface area contributed by atoms with E-state index >= 15 is 0 Å². The Labute approximate surface area is 191 Å². The molecule has 5 nitrogen and oxygen atoms in total. The number of unbranched alkanes of at least 4 members (excludes halogenated alkanes) is 1. The molecule has 0 aromatic carbocycles. The first-order valence-corrected chi connectivity index (χ1v) is 14.0. The average molecular weight is 453 g/mol. The summed E-state index contributed by atoms with van der Waals surface area (Å²) < 4.78 is 23.1. The monoisotopic (exact) mass is 452 g/mol. The van der Waals surface area contributed by atoms with Gasteiger partial charge in [0.25, 0.3) is 0 Å². The Kier molecular flexibility index (Phi) is 14.0. The maximum absolute atomic E-state index is 12.1. The van der Waals surface area contributed by atoms with Crippen LogP contribution in [-0.4, -0.2) is 47.0 Å². The molecular formula is C25H44O5Si. The second-order valence-corrected chi connectivity index (χ2v) is 14.3. The van der Waals surface area contributed by atoms with Crippen molar-refractivity contribution in [3.8, 4) is 12.3 Å². The van der Waals surface area contributed by atoms with Crippen molar-refractivity contribution in [3.05, 3.63) is 24.3 Å². The zero-order chi connectivity index (χ0) is 24.1. The van der Waals surface area contributed by atoms with Crippen LogP contribution >= 0.6 is 0 Å². The van der Waals surface area contributed by atoms with Gasteiger partial charge in [-0.1, -0.05) is 46.4 Å². The molecule has 0 fully saturated rings. The summed E-state index contributed by atoms with van der Waals surface area (Å²) in [6.07, 6.45) is 11.8. The van der Waals surface area contributed by atoms with E-state index in [1.54, 1.807) is 20.1 Å². The van der Waals surface area contributed by atoms with Crippen molar-refractivity contribution in [1.82, 2.24) is 0 Å². The fourth-order valence-corrected chi connectivity index (χ4v) is 4.27. The molecule has 6 heteroatoms. The summed E-state index contributed by atoms with van der Waals surface area (Å²) >= 11 is 0. The number of terminal acetylenes is 1. The molecule has 0 aliphatic carbocycles. The number of carbonyl (C=O) groups is 1. The number of hydrogen-bond donors (Lipinski definition) is 0. The molecule has 0 aromatic rings. The van der Waals surface area contributed by atoms with Crippen molar-refractivity contribution in [2.24, 2.45) is 5.92 Å². The summed E-state index contributed by atoms with van der Waals surface area (Å²) in [5, 5.41) is 0.0684. The predicted molar refractivity (Wildman–Crippen MR) is 130 cm³/mol. The summed E-state index contributed by atoms with van der Waals surface area (Å²) in [7, 11) is -0.425. The molecule has 0 N–H and O–H groups in total. The molecule has 0 saturated carbocycles. The average Bonchev–Trinajstić information content (AvgIpc) is 2.70. The molecule has 178 valence electrons. The van der Waals surface area contributed by atoms with Crippen LogP contribution < -0.4 is 0 Å². The van der Waals surface area contributed by atoms with E-state index in [2.05, 4.69) is 53.3 Å². The number of hydrogen-bond acceptors (Lipinski definition) is 5. The highest BCUT2D eigenvalue weighted by Gasteiger charge is 2.41. The summed E-state index contributed by atoms with van der Waals surface area (Å²) in [5.41, 5.74) is 0.569. The topological polar surface area (TPSA) is 54.0 Å². The van der Waals surface area contributed by atoms with Gasteiger partial charge in [-0.3, -0.25) is 0 Å². The van der Waals surface area contributed by atoms with Gasteiger partial charge in [0.1, 0.15) is 13.4 Å². The van der Waals surface area contributed by atoms with E-state index in [1.807, 2.05) is 6.08 Å². The number of carbonyl (C=O) groups excluding carboxylic acids is 1. The molecule has 3 atom stereocenters. The van der Waals surface area contributed by atoms with E-state index < -0.39 is 8.32 Å². The van der Waals surface area contributed by atoms with Gasteiger partial charge in [0, 0.05) is 25.0 Å². The van der Waals surface area contributed by atoms with Crippen LogP contribution in [0, 0.1) is 18.3 Å². The zero-order valence-electron chi connectivity index (χ0n) is 21.0. The molecule has 0 radical (unpaired) electrons. The lowest BCUT2D eigenvalue weighted by Gasteiger charge is -2.42. The standard InChI is InChI=1S/C25H44O5Si/c1-11-13-14-15-22(29-19-27-8)21(4)23(30-31(9,10)25(5,6)7)17-16-20(3)24(26)28-18-12-2/h1,12,16,21-23H,2,13-15,17-19H2,3-10H3/b20-16+/t21-,22-,23+/m1/s1. The fourth-order valence-electron chi connectivity index (χ4n) is 2.85. The molecule has 0 aliphatic rings. The number of ether oxygens (including phenoxy) is 3. The third kappa shape index (κ3) is 11.2. The van der Waals surface area contributed by atoms with Crippen LogP contribution in [0.1, 0.15) is 60.3 Å². The van der Waals surface area contributed by atoms with Crippen molar-refractivity contribution in [3.63, 3.8) is 0 Å². The van der Waals surface area contributed by atoms with Gasteiger partial charge in [-0.15, -0.1) is 12.3 Å². The van der Waals surface area contributed by atoms with Gasteiger partial charge < -0.3 is 18.6 Å². The minimum absolute atomic E-state index is 0.0514. The third-order valence-electron chi connectivity index (χ3n) is 5.95. The highest BCUT2D eigenvalue weighted by Crippen LogP contribution is 2.39. The fraction of sp³-hybridized carbons (Fsp3) is 0.720. The van der Waals surface area contributed by atoms with E-state index in [9.17, 15) is 4.79 Å². The van der Waals surface area contributed by atoms with Gasteiger partial charge in [0.2, 0.25) is 0 Å². The van der Waals surface area contributed by atoms with Gasteiger partial charge in [0.05, 0.1) is 12.2 Å². The first kappa shape index (κ1) is 29.6. The van der Waals surface area contributed by atoms with Crippen LogP contribution in [0.2, 0.25) is 18.1 Å². The van der Waals surface area contributed by atoms with Crippen LogP contribution in [0.3, 0.4) is 0 Å². The SMILES string of the molecule is C#CCCC[C@@H](OCOC)[C@@H](C)[C@H](C/C=C(\C)C(=O)OCC=C)O[Si](C)(C)C(C)(C)C. The number of methoxy groups -OCH3 is 1. The summed E-state index contributed by atoms with van der Waals surface area (Å²) in [6, 6.07) is 0. The number of esters is 1. The van der Waals surface area contributed by atoms with E-state index in [4.69, 9.17) is 25.1 Å². The Morgan fingerprint density at radius 1 is 1.26 bits per heavy atom. The summed E-state index contributed by atoms with van der Waals surface area (Å²) in [6.45, 7) is 19.1. The Bertz CT molecular complexity index is 612. The molecule has 0 rings (SSSR count). The largest absolute Gasteiger partial charge is 0.458 e. The van der Waals surface area contributed by atoms with Crippen LogP contribution in [0.25, 0.3) is 0 Å². The number of rotatable bonds is 15. The summed E-state index contributed by atoms with van der Waals surface area (Å²) in [4.78, 5) is 12.1. The molecule has 0 aromatic heterocycles. The first-order valence-electron chi connectivity index (χ1n) is 11.1. The van der Waals surface area contributed by atoms with E-state index in [-0.39, 0.29) is 42.5 Å². The van der Waals surface area contributed by atoms with Crippen molar-refractivity contribution in [2.45, 2.75) is 90.6 Å². The van der Waals surface area contributed by atoms with Crippen LogP contribution in [0.15, 0.2) is 24.3 Å².